The summed E-state index contributed by atoms with van der Waals surface area (Å²) in [4.78, 5) is 24.2. The number of aryl methyl sites for hydroxylation is 1. The molecule has 128 valence electrons. The number of rotatable bonds is 6. The monoisotopic (exact) mass is 327 g/mol. The van der Waals surface area contributed by atoms with Crippen LogP contribution in [0.3, 0.4) is 0 Å². The third-order valence-corrected chi connectivity index (χ3v) is 4.48. The summed E-state index contributed by atoms with van der Waals surface area (Å²) < 4.78 is 1.34. The fraction of sp³-hybridized carbons (Fsp3) is 0.421. The molecule has 1 atom stereocenters. The number of carbonyl (C=O) groups is 1. The van der Waals surface area contributed by atoms with Crippen molar-refractivity contribution in [1.29, 1.82) is 0 Å². The number of carbonyl (C=O) groups excluding carboxylic acids is 1. The van der Waals surface area contributed by atoms with Crippen molar-refractivity contribution in [2.24, 2.45) is 0 Å². The van der Waals surface area contributed by atoms with Crippen molar-refractivity contribution in [1.82, 2.24) is 15.1 Å². The van der Waals surface area contributed by atoms with Crippen LogP contribution in [0.25, 0.3) is 0 Å². The Balaban J connectivity index is 2.17. The number of aromatic nitrogens is 2. The van der Waals surface area contributed by atoms with Crippen molar-refractivity contribution in [3.8, 4) is 0 Å². The van der Waals surface area contributed by atoms with Gasteiger partial charge in [-0.15, -0.1) is 0 Å². The molecular weight excluding hydrogens is 302 g/mol. The molecule has 0 unspecified atom stereocenters. The first kappa shape index (κ1) is 17.9. The molecule has 0 aliphatic carbocycles. The fourth-order valence-electron chi connectivity index (χ4n) is 2.51. The van der Waals surface area contributed by atoms with Crippen LogP contribution in [0, 0.1) is 0 Å². The summed E-state index contributed by atoms with van der Waals surface area (Å²) in [6.07, 6.45) is 0.787. The minimum atomic E-state index is -0.267. The first-order chi connectivity index (χ1) is 11.4. The Labute approximate surface area is 142 Å². The van der Waals surface area contributed by atoms with E-state index in [1.165, 1.54) is 16.8 Å². The lowest BCUT2D eigenvalue weighted by Gasteiger charge is -2.33. The zero-order valence-electron chi connectivity index (χ0n) is 14.7. The second-order valence-electron chi connectivity index (χ2n) is 6.56. The predicted molar refractivity (Wildman–Crippen MR) is 95.2 cm³/mol. The Morgan fingerprint density at radius 2 is 1.88 bits per heavy atom. The number of nitrogens with one attached hydrogen (secondary N) is 1. The normalized spacial score (nSPS) is 12.7. The molecule has 5 heteroatoms. The van der Waals surface area contributed by atoms with Crippen molar-refractivity contribution in [3.63, 3.8) is 0 Å². The van der Waals surface area contributed by atoms with E-state index in [1.54, 1.807) is 0 Å². The summed E-state index contributed by atoms with van der Waals surface area (Å²) in [6.45, 7) is 8.64. The van der Waals surface area contributed by atoms with E-state index in [1.807, 2.05) is 32.0 Å². The smallest absolute Gasteiger partial charge is 0.271 e. The molecule has 2 aromatic rings. The van der Waals surface area contributed by atoms with E-state index in [0.29, 0.717) is 6.54 Å². The van der Waals surface area contributed by atoms with Gasteiger partial charge >= 0.3 is 0 Å². The molecule has 0 saturated carbocycles. The number of amides is 1. The molecule has 0 bridgehead atoms. The van der Waals surface area contributed by atoms with E-state index >= 15 is 0 Å². The molecule has 24 heavy (non-hydrogen) atoms. The maximum atomic E-state index is 12.5. The number of nitrogens with zero attached hydrogens (tertiary/aromatic N) is 2. The minimum Gasteiger partial charge on any atom is -0.347 e. The molecule has 0 aliphatic heterocycles. The molecule has 1 aromatic carbocycles. The van der Waals surface area contributed by atoms with Gasteiger partial charge in [-0.25, -0.2) is 4.68 Å². The molecule has 0 spiro atoms. The largest absolute Gasteiger partial charge is 0.347 e. The van der Waals surface area contributed by atoms with Crippen LogP contribution in [-0.4, -0.2) is 21.7 Å². The van der Waals surface area contributed by atoms with Crippen molar-refractivity contribution < 1.29 is 4.79 Å². The molecule has 0 aliphatic rings. The van der Waals surface area contributed by atoms with Crippen LogP contribution >= 0.6 is 0 Å². The Hall–Kier alpha value is -2.43. The number of hydrogen-bond donors (Lipinski definition) is 1. The van der Waals surface area contributed by atoms with Crippen LogP contribution in [0.2, 0.25) is 0 Å². The number of benzene rings is 1. The lowest BCUT2D eigenvalue weighted by molar-refractivity contribution is 0.0916. The van der Waals surface area contributed by atoms with Gasteiger partial charge in [0.2, 0.25) is 0 Å². The highest BCUT2D eigenvalue weighted by Gasteiger charge is 2.29. The van der Waals surface area contributed by atoms with E-state index in [4.69, 9.17) is 0 Å². The van der Waals surface area contributed by atoms with Gasteiger partial charge in [-0.05, 0) is 25.0 Å². The van der Waals surface area contributed by atoms with Crippen LogP contribution in [0.4, 0.5) is 0 Å². The van der Waals surface area contributed by atoms with Gasteiger partial charge in [0.25, 0.3) is 11.5 Å². The van der Waals surface area contributed by atoms with Crippen LogP contribution in [0.15, 0.2) is 47.3 Å². The quantitative estimate of drug-likeness (QED) is 0.887. The second-order valence-corrected chi connectivity index (χ2v) is 6.56. The minimum absolute atomic E-state index is 0.0965. The maximum Gasteiger partial charge on any atom is 0.271 e. The van der Waals surface area contributed by atoms with Crippen LogP contribution in [0.1, 0.15) is 50.2 Å². The first-order valence-electron chi connectivity index (χ1n) is 8.30. The highest BCUT2D eigenvalue weighted by atomic mass is 16.2. The van der Waals surface area contributed by atoms with Crippen LogP contribution < -0.4 is 10.9 Å². The number of hydrogen-bond acceptors (Lipinski definition) is 3. The average molecular weight is 327 g/mol. The summed E-state index contributed by atoms with van der Waals surface area (Å²) in [5, 5.41) is 7.17. The highest BCUT2D eigenvalue weighted by Crippen LogP contribution is 2.26. The summed E-state index contributed by atoms with van der Waals surface area (Å²) in [5.74, 6) is -0.267. The van der Waals surface area contributed by atoms with E-state index in [2.05, 4.69) is 36.4 Å². The average Bonchev–Trinajstić information content (AvgIpc) is 2.57. The Kier molecular flexibility index (Phi) is 5.54. The predicted octanol–water partition coefficient (Wildman–Crippen LogP) is 2.75. The van der Waals surface area contributed by atoms with Gasteiger partial charge in [0.05, 0.1) is 0 Å². The van der Waals surface area contributed by atoms with Crippen molar-refractivity contribution in [2.75, 3.05) is 0 Å². The van der Waals surface area contributed by atoms with E-state index in [0.717, 1.165) is 12.0 Å². The third kappa shape index (κ3) is 3.91. The van der Waals surface area contributed by atoms with Gasteiger partial charge in [-0.3, -0.25) is 9.59 Å². The van der Waals surface area contributed by atoms with Gasteiger partial charge in [0.15, 0.2) is 0 Å². The molecule has 5 nitrogen and oxygen atoms in total. The molecule has 0 saturated heterocycles. The lowest BCUT2D eigenvalue weighted by atomic mass is 9.78. The zero-order valence-corrected chi connectivity index (χ0v) is 14.7. The Bertz CT molecular complexity index is 751. The van der Waals surface area contributed by atoms with E-state index in [9.17, 15) is 9.59 Å². The van der Waals surface area contributed by atoms with Crippen LogP contribution in [-0.2, 0) is 12.0 Å². The molecule has 1 amide bonds. The topological polar surface area (TPSA) is 64.0 Å². The standard InChI is InChI=1S/C19H25N3O2/c1-5-13-22-17(23)12-11-16(21-22)18(24)20-14(2)19(3,4)15-9-7-6-8-10-15/h6-12,14H,5,13H2,1-4H3,(H,20,24)/t14-/m1/s1. The SMILES string of the molecule is CCCn1nc(C(=O)N[C@H](C)C(C)(C)c2ccccc2)ccc1=O. The summed E-state index contributed by atoms with van der Waals surface area (Å²) in [6, 6.07) is 12.9. The van der Waals surface area contributed by atoms with Gasteiger partial charge in [0.1, 0.15) is 5.69 Å². The summed E-state index contributed by atoms with van der Waals surface area (Å²) in [5.41, 5.74) is 1.00. The molecule has 1 N–H and O–H groups in total. The van der Waals surface area contributed by atoms with Crippen LogP contribution in [0.5, 0.6) is 0 Å². The van der Waals surface area contributed by atoms with Crippen molar-refractivity contribution in [3.05, 3.63) is 64.1 Å². The molecule has 2 rings (SSSR count). The fourth-order valence-corrected chi connectivity index (χ4v) is 2.51. The van der Waals surface area contributed by atoms with Crippen molar-refractivity contribution >= 4 is 5.91 Å². The molecular formula is C19H25N3O2. The summed E-state index contributed by atoms with van der Waals surface area (Å²) >= 11 is 0. The third-order valence-electron chi connectivity index (χ3n) is 4.48. The molecule has 1 aromatic heterocycles. The second kappa shape index (κ2) is 7.43. The highest BCUT2D eigenvalue weighted by molar-refractivity contribution is 5.92. The molecule has 0 fully saturated rings. The van der Waals surface area contributed by atoms with Gasteiger partial charge in [0, 0.05) is 24.1 Å². The maximum absolute atomic E-state index is 12.5. The van der Waals surface area contributed by atoms with E-state index < -0.39 is 0 Å². The van der Waals surface area contributed by atoms with E-state index in [-0.39, 0.29) is 28.6 Å². The first-order valence-corrected chi connectivity index (χ1v) is 8.30. The Morgan fingerprint density at radius 3 is 2.50 bits per heavy atom. The molecule has 1 heterocycles. The van der Waals surface area contributed by atoms with Crippen molar-refractivity contribution in [2.45, 2.75) is 52.1 Å². The van der Waals surface area contributed by atoms with Gasteiger partial charge < -0.3 is 5.32 Å². The lowest BCUT2D eigenvalue weighted by Crippen LogP contribution is -2.46. The van der Waals surface area contributed by atoms with Gasteiger partial charge in [-0.2, -0.15) is 5.10 Å². The summed E-state index contributed by atoms with van der Waals surface area (Å²) in [7, 11) is 0. The molecule has 0 radical (unpaired) electrons. The Morgan fingerprint density at radius 1 is 1.21 bits per heavy atom. The van der Waals surface area contributed by atoms with Gasteiger partial charge in [-0.1, -0.05) is 51.1 Å². The zero-order chi connectivity index (χ0) is 17.7.